The van der Waals surface area contributed by atoms with Crippen LogP contribution < -0.4 is 26.6 Å². The third kappa shape index (κ3) is 10.1. The maximum absolute atomic E-state index is 14.1. The molecule has 4 aromatic rings. The first-order valence-corrected chi connectivity index (χ1v) is 18.1. The number of fused-ring (bicyclic) bond motifs is 2. The molecular formula is C37H37F5N8O9. The highest BCUT2D eigenvalue weighted by Gasteiger charge is 2.47. The number of carbonyl (C=O) groups excluding carboxylic acids is 5. The minimum Gasteiger partial charge on any atom is -0.455 e. The Morgan fingerprint density at radius 1 is 0.949 bits per heavy atom. The van der Waals surface area contributed by atoms with Gasteiger partial charge in [-0.05, 0) is 31.5 Å². The van der Waals surface area contributed by atoms with E-state index in [1.54, 1.807) is 17.4 Å². The van der Waals surface area contributed by atoms with Gasteiger partial charge in [0.15, 0.2) is 17.4 Å². The number of hydrogen-bond acceptors (Lipinski definition) is 13. The van der Waals surface area contributed by atoms with Gasteiger partial charge in [-0.1, -0.05) is 6.07 Å². The Kier molecular flexibility index (Phi) is 13.3. The molecule has 1 unspecified atom stereocenters. The highest BCUT2D eigenvalue weighted by molar-refractivity contribution is 6.25. The Morgan fingerprint density at radius 3 is 2.27 bits per heavy atom. The highest BCUT2D eigenvalue weighted by atomic mass is 19.4. The zero-order valence-corrected chi connectivity index (χ0v) is 31.2. The number of urea groups is 1. The zero-order valence-electron chi connectivity index (χ0n) is 31.2. The van der Waals surface area contributed by atoms with E-state index >= 15 is 0 Å². The first-order valence-electron chi connectivity index (χ1n) is 18.1. The predicted molar refractivity (Wildman–Crippen MR) is 196 cm³/mol. The smallest absolute Gasteiger partial charge is 0.416 e. The predicted octanol–water partition coefficient (Wildman–Crippen LogP) is 4.21. The van der Waals surface area contributed by atoms with Gasteiger partial charge in [-0.25, -0.2) is 23.5 Å². The summed E-state index contributed by atoms with van der Waals surface area (Å²) in [5.41, 5.74) is -0.0578. The van der Waals surface area contributed by atoms with Crippen molar-refractivity contribution >= 4 is 58.0 Å². The summed E-state index contributed by atoms with van der Waals surface area (Å²) in [5, 5.41) is 11.9. The van der Waals surface area contributed by atoms with Crippen molar-refractivity contribution in [3.05, 3.63) is 76.8 Å². The van der Waals surface area contributed by atoms with Gasteiger partial charge in [-0.2, -0.15) is 13.2 Å². The van der Waals surface area contributed by atoms with E-state index in [1.165, 1.54) is 13.0 Å². The molecule has 2 aliphatic rings. The molecule has 0 saturated carbocycles. The normalized spacial score (nSPS) is 16.0. The number of aryl methyl sites for hydroxylation is 1. The summed E-state index contributed by atoms with van der Waals surface area (Å²) in [6, 6.07) is 1.07. The van der Waals surface area contributed by atoms with Crippen LogP contribution in [0.4, 0.5) is 44.1 Å². The second kappa shape index (κ2) is 18.6. The second-order valence-corrected chi connectivity index (χ2v) is 13.1. The summed E-state index contributed by atoms with van der Waals surface area (Å²) < 4.78 is 91.3. The quantitative estimate of drug-likeness (QED) is 0.0541. The van der Waals surface area contributed by atoms with Gasteiger partial charge in [0.1, 0.15) is 17.6 Å². The lowest BCUT2D eigenvalue weighted by molar-refractivity contribution is -0.158. The Morgan fingerprint density at radius 2 is 1.61 bits per heavy atom. The molecule has 17 nitrogen and oxygen atoms in total. The number of hydrogen-bond donors (Lipinski definition) is 5. The van der Waals surface area contributed by atoms with Crippen LogP contribution in [0.1, 0.15) is 50.9 Å². The molecule has 0 radical (unpaired) electrons. The van der Waals surface area contributed by atoms with Crippen molar-refractivity contribution in [2.24, 2.45) is 0 Å². The molecule has 2 aliphatic heterocycles. The van der Waals surface area contributed by atoms with Crippen molar-refractivity contribution in [3.8, 4) is 0 Å². The number of ether oxygens (including phenoxy) is 3. The van der Waals surface area contributed by atoms with Crippen LogP contribution in [0, 0.1) is 18.6 Å². The van der Waals surface area contributed by atoms with Crippen LogP contribution in [-0.2, 0) is 23.8 Å². The number of amides is 6. The molecule has 5 N–H and O–H groups in total. The van der Waals surface area contributed by atoms with E-state index in [4.69, 9.17) is 18.6 Å². The molecule has 2 atom stereocenters. The topological polar surface area (TPSA) is 215 Å². The summed E-state index contributed by atoms with van der Waals surface area (Å²) in [4.78, 5) is 71.4. The van der Waals surface area contributed by atoms with Gasteiger partial charge in [0.05, 0.1) is 68.8 Å². The number of nitrogens with one attached hydrogen (secondary N) is 5. The Balaban J connectivity index is 0.824. The number of rotatable bonds is 18. The molecular weight excluding hydrogens is 795 g/mol. The molecule has 1 saturated heterocycles. The number of furan rings is 1. The van der Waals surface area contributed by atoms with Crippen molar-refractivity contribution < 1.29 is 64.6 Å². The number of benzene rings is 2. The van der Waals surface area contributed by atoms with Crippen molar-refractivity contribution in [3.63, 3.8) is 0 Å². The Bertz CT molecular complexity index is 2220. The van der Waals surface area contributed by atoms with Crippen molar-refractivity contribution in [2.45, 2.75) is 38.0 Å². The SMILES string of the molecule is Cc1c([C@@H](NC(=O)Nc2cnc(NCCOCCOCCOCCNc3cccc4c3C(=O)N(C3CCC(=O)NC3=O)C4=O)nc2)C(F)(F)F)oc2c(F)cc(F)cc12. The summed E-state index contributed by atoms with van der Waals surface area (Å²) in [5.74, 6) is -5.18. The van der Waals surface area contributed by atoms with Gasteiger partial charge in [0, 0.05) is 42.2 Å². The number of alkyl halides is 3. The second-order valence-electron chi connectivity index (χ2n) is 13.1. The van der Waals surface area contributed by atoms with Gasteiger partial charge in [-0.3, -0.25) is 29.4 Å². The number of piperidine rings is 1. The molecule has 4 heterocycles. The molecule has 2 aromatic carbocycles. The lowest BCUT2D eigenvalue weighted by Gasteiger charge is -2.27. The van der Waals surface area contributed by atoms with E-state index in [0.29, 0.717) is 18.3 Å². The summed E-state index contributed by atoms with van der Waals surface area (Å²) >= 11 is 0. The standard InChI is InChI=1S/C37H37F5N8O9/c1-19-23-15-20(38)16-24(39)30(23)59-29(19)31(37(40,41)42)49-36(55)47-21-17-45-35(46-18-21)44-8-10-57-12-14-58-13-11-56-9-7-43-25-4-2-3-22-28(25)34(54)50(33(22)53)26-5-6-27(51)48-32(26)52/h2-4,15-18,26,31,43H,5-14H2,1H3,(H,44,45,46)(H2,47,49,55)(H,48,51,52)/t26?,31-/m1/s1. The van der Waals surface area contributed by atoms with E-state index in [0.717, 1.165) is 23.4 Å². The number of carbonyl (C=O) groups is 5. The first-order chi connectivity index (χ1) is 28.2. The largest absolute Gasteiger partial charge is 0.455 e. The molecule has 2 aromatic heterocycles. The molecule has 1 fully saturated rings. The molecule has 22 heteroatoms. The van der Waals surface area contributed by atoms with Crippen LogP contribution in [0.5, 0.6) is 0 Å². The molecule has 0 spiro atoms. The third-order valence-corrected chi connectivity index (χ3v) is 9.07. The average Bonchev–Trinajstić information content (AvgIpc) is 3.64. The fourth-order valence-electron chi connectivity index (χ4n) is 6.31. The highest BCUT2D eigenvalue weighted by Crippen LogP contribution is 2.39. The van der Waals surface area contributed by atoms with Crippen LogP contribution in [0.3, 0.4) is 0 Å². The van der Waals surface area contributed by atoms with Crippen LogP contribution in [0.15, 0.2) is 47.1 Å². The monoisotopic (exact) mass is 832 g/mol. The fourth-order valence-corrected chi connectivity index (χ4v) is 6.31. The number of aromatic nitrogens is 2. The number of imide groups is 2. The molecule has 6 amide bonds. The van der Waals surface area contributed by atoms with E-state index in [2.05, 4.69) is 31.2 Å². The lowest BCUT2D eigenvalue weighted by atomic mass is 10.0. The zero-order chi connectivity index (χ0) is 42.3. The van der Waals surface area contributed by atoms with Gasteiger partial charge in [0.25, 0.3) is 11.8 Å². The van der Waals surface area contributed by atoms with Crippen LogP contribution in [-0.4, -0.2) is 109 Å². The molecule has 0 aliphatic carbocycles. The fraction of sp³-hybridized carbons (Fsp3) is 0.378. The van der Waals surface area contributed by atoms with Gasteiger partial charge < -0.3 is 39.9 Å². The summed E-state index contributed by atoms with van der Waals surface area (Å²) in [6.07, 6.45) is -2.65. The van der Waals surface area contributed by atoms with Crippen LogP contribution >= 0.6 is 0 Å². The van der Waals surface area contributed by atoms with Crippen LogP contribution in [0.25, 0.3) is 11.0 Å². The number of halogens is 5. The van der Waals surface area contributed by atoms with Gasteiger partial charge in [-0.15, -0.1) is 0 Å². The Labute approximate surface area is 331 Å². The van der Waals surface area contributed by atoms with Gasteiger partial charge >= 0.3 is 12.2 Å². The molecule has 6 rings (SSSR count). The van der Waals surface area contributed by atoms with E-state index in [9.17, 15) is 45.9 Å². The third-order valence-electron chi connectivity index (χ3n) is 9.07. The minimum absolute atomic E-state index is 0.0268. The van der Waals surface area contributed by atoms with Gasteiger partial charge in [0.2, 0.25) is 17.8 Å². The lowest BCUT2D eigenvalue weighted by Crippen LogP contribution is -2.54. The van der Waals surface area contributed by atoms with Crippen molar-refractivity contribution in [1.29, 1.82) is 0 Å². The number of nitrogens with zero attached hydrogens (tertiary/aromatic N) is 3. The van der Waals surface area contributed by atoms with Crippen LogP contribution in [0.2, 0.25) is 0 Å². The van der Waals surface area contributed by atoms with E-state index < -0.39 is 70.9 Å². The molecule has 314 valence electrons. The van der Waals surface area contributed by atoms with E-state index in [-0.39, 0.29) is 92.7 Å². The molecule has 59 heavy (non-hydrogen) atoms. The summed E-state index contributed by atoms with van der Waals surface area (Å²) in [7, 11) is 0. The van der Waals surface area contributed by atoms with Crippen molar-refractivity contribution in [1.82, 2.24) is 25.5 Å². The average molecular weight is 833 g/mol. The maximum Gasteiger partial charge on any atom is 0.416 e. The Hall–Kier alpha value is -6.26. The summed E-state index contributed by atoms with van der Waals surface area (Å²) in [6.45, 7) is 3.39. The van der Waals surface area contributed by atoms with Crippen molar-refractivity contribution in [2.75, 3.05) is 68.7 Å². The number of anilines is 3. The minimum atomic E-state index is -5.05. The first kappa shape index (κ1) is 42.3. The maximum atomic E-state index is 14.1. The van der Waals surface area contributed by atoms with E-state index in [1.807, 2.05) is 0 Å². The molecule has 0 bridgehead atoms.